The summed E-state index contributed by atoms with van der Waals surface area (Å²) >= 11 is 0. The van der Waals surface area contributed by atoms with Gasteiger partial charge in [-0.2, -0.15) is 0 Å². The Morgan fingerprint density at radius 2 is 1.77 bits per heavy atom. The van der Waals surface area contributed by atoms with Crippen LogP contribution in [0.4, 0.5) is 4.79 Å². The number of nitrogens with two attached hydrogens (primary N) is 1. The quantitative estimate of drug-likeness (QED) is 0.449. The highest BCUT2D eigenvalue weighted by Gasteiger charge is 2.26. The number of nitrogens with one attached hydrogen (secondary N) is 2. The third-order valence-corrected chi connectivity index (χ3v) is 3.04. The second-order valence-corrected chi connectivity index (χ2v) is 6.68. The predicted octanol–water partition coefficient (Wildman–Crippen LogP) is 2.31. The highest BCUT2D eigenvalue weighted by molar-refractivity contribution is 5.83. The normalized spacial score (nSPS) is 14.1. The lowest BCUT2D eigenvalue weighted by Gasteiger charge is -2.25. The van der Waals surface area contributed by atoms with Crippen molar-refractivity contribution in [3.05, 3.63) is 0 Å². The summed E-state index contributed by atoms with van der Waals surface area (Å²) in [6.45, 7) is 10.0. The molecule has 6 heteroatoms. The molecule has 0 saturated heterocycles. The zero-order valence-corrected chi connectivity index (χ0v) is 14.7. The fourth-order valence-corrected chi connectivity index (χ4v) is 2.04. The van der Waals surface area contributed by atoms with Gasteiger partial charge in [0, 0.05) is 6.04 Å². The van der Waals surface area contributed by atoms with Crippen LogP contribution in [-0.4, -0.2) is 36.2 Å². The highest BCUT2D eigenvalue weighted by Crippen LogP contribution is 2.11. The molecule has 2 unspecified atom stereocenters. The van der Waals surface area contributed by atoms with Crippen LogP contribution in [-0.2, 0) is 9.53 Å². The SMILES string of the molecule is CCCC(C)NC(=O)NC(CCCCN)C(=O)OC(C)(C)C. The Morgan fingerprint density at radius 1 is 1.14 bits per heavy atom. The summed E-state index contributed by atoms with van der Waals surface area (Å²) in [5.74, 6) is -0.400. The number of carbonyl (C=O) groups is 2. The number of unbranched alkanes of at least 4 members (excludes halogenated alkanes) is 1. The molecule has 0 aliphatic heterocycles. The average Bonchev–Trinajstić information content (AvgIpc) is 2.35. The number of hydrogen-bond acceptors (Lipinski definition) is 4. The van der Waals surface area contributed by atoms with Crippen molar-refractivity contribution in [2.75, 3.05) is 6.54 Å². The van der Waals surface area contributed by atoms with Crippen LogP contribution in [0.15, 0.2) is 0 Å². The molecule has 0 aliphatic rings. The lowest BCUT2D eigenvalue weighted by Crippen LogP contribution is -2.50. The molecular formula is C16H33N3O3. The summed E-state index contributed by atoms with van der Waals surface area (Å²) < 4.78 is 5.37. The van der Waals surface area contributed by atoms with Crippen molar-refractivity contribution in [1.29, 1.82) is 0 Å². The van der Waals surface area contributed by atoms with Gasteiger partial charge in [-0.25, -0.2) is 9.59 Å². The maximum Gasteiger partial charge on any atom is 0.329 e. The van der Waals surface area contributed by atoms with Gasteiger partial charge in [-0.3, -0.25) is 0 Å². The van der Waals surface area contributed by atoms with E-state index in [0.717, 1.165) is 25.7 Å². The topological polar surface area (TPSA) is 93.5 Å². The van der Waals surface area contributed by atoms with Crippen molar-refractivity contribution >= 4 is 12.0 Å². The van der Waals surface area contributed by atoms with Crippen LogP contribution in [0.3, 0.4) is 0 Å². The van der Waals surface area contributed by atoms with Gasteiger partial charge in [-0.05, 0) is 59.9 Å². The van der Waals surface area contributed by atoms with Crippen LogP contribution in [0.1, 0.15) is 66.7 Å². The summed E-state index contributed by atoms with van der Waals surface area (Å²) in [7, 11) is 0. The first-order chi connectivity index (χ1) is 10.2. The highest BCUT2D eigenvalue weighted by atomic mass is 16.6. The minimum atomic E-state index is -0.639. The third kappa shape index (κ3) is 10.4. The van der Waals surface area contributed by atoms with Crippen molar-refractivity contribution in [3.63, 3.8) is 0 Å². The van der Waals surface area contributed by atoms with Gasteiger partial charge < -0.3 is 21.1 Å². The zero-order valence-electron chi connectivity index (χ0n) is 14.7. The van der Waals surface area contributed by atoms with Gasteiger partial charge in [0.05, 0.1) is 0 Å². The summed E-state index contributed by atoms with van der Waals surface area (Å²) in [6.07, 6.45) is 4.01. The fraction of sp³-hybridized carbons (Fsp3) is 0.875. The van der Waals surface area contributed by atoms with Gasteiger partial charge in [0.15, 0.2) is 0 Å². The molecule has 2 atom stereocenters. The van der Waals surface area contributed by atoms with Crippen LogP contribution in [0.5, 0.6) is 0 Å². The standard InChI is InChI=1S/C16H33N3O3/c1-6-9-12(2)18-15(21)19-13(10-7-8-11-17)14(20)22-16(3,4)5/h12-13H,6-11,17H2,1-5H3,(H2,18,19,21). The molecule has 130 valence electrons. The van der Waals surface area contributed by atoms with Crippen LogP contribution >= 0.6 is 0 Å². The Bertz CT molecular complexity index is 340. The Morgan fingerprint density at radius 3 is 2.27 bits per heavy atom. The van der Waals surface area contributed by atoms with Gasteiger partial charge in [0.2, 0.25) is 0 Å². The largest absolute Gasteiger partial charge is 0.458 e. The van der Waals surface area contributed by atoms with E-state index in [4.69, 9.17) is 10.5 Å². The lowest BCUT2D eigenvalue weighted by atomic mass is 10.1. The molecule has 4 N–H and O–H groups in total. The molecule has 2 amide bonds. The minimum Gasteiger partial charge on any atom is -0.458 e. The minimum absolute atomic E-state index is 0.0772. The molecule has 0 aromatic heterocycles. The zero-order chi connectivity index (χ0) is 17.2. The molecule has 0 aliphatic carbocycles. The average molecular weight is 315 g/mol. The number of ether oxygens (including phenoxy) is 1. The van der Waals surface area contributed by atoms with E-state index in [-0.39, 0.29) is 12.1 Å². The molecule has 0 rings (SSSR count). The molecule has 0 saturated carbocycles. The number of esters is 1. The molecule has 0 heterocycles. The van der Waals surface area contributed by atoms with E-state index in [0.29, 0.717) is 13.0 Å². The smallest absolute Gasteiger partial charge is 0.329 e. The van der Waals surface area contributed by atoms with Gasteiger partial charge in [0.25, 0.3) is 0 Å². The fourth-order valence-electron chi connectivity index (χ4n) is 2.04. The molecule has 22 heavy (non-hydrogen) atoms. The van der Waals surface area contributed by atoms with Crippen molar-refractivity contribution in [2.45, 2.75) is 84.4 Å². The van der Waals surface area contributed by atoms with E-state index in [9.17, 15) is 9.59 Å². The second-order valence-electron chi connectivity index (χ2n) is 6.68. The Labute approximate surface area is 134 Å². The molecule has 0 fully saturated rings. The van der Waals surface area contributed by atoms with Crippen molar-refractivity contribution in [2.24, 2.45) is 5.73 Å². The monoisotopic (exact) mass is 315 g/mol. The van der Waals surface area contributed by atoms with Gasteiger partial charge in [0.1, 0.15) is 11.6 Å². The number of carbonyl (C=O) groups excluding carboxylic acids is 2. The van der Waals surface area contributed by atoms with Crippen molar-refractivity contribution in [1.82, 2.24) is 10.6 Å². The van der Waals surface area contributed by atoms with E-state index in [1.54, 1.807) is 0 Å². The van der Waals surface area contributed by atoms with Gasteiger partial charge in [-0.15, -0.1) is 0 Å². The number of urea groups is 1. The molecule has 0 spiro atoms. The maximum absolute atomic E-state index is 12.2. The predicted molar refractivity (Wildman–Crippen MR) is 88.6 cm³/mol. The molecule has 0 radical (unpaired) electrons. The summed E-state index contributed by atoms with van der Waals surface area (Å²) in [5.41, 5.74) is 4.90. The molecule has 0 aromatic rings. The van der Waals surface area contributed by atoms with Crippen LogP contribution < -0.4 is 16.4 Å². The number of hydrogen-bond donors (Lipinski definition) is 3. The maximum atomic E-state index is 12.2. The molecule has 0 bridgehead atoms. The summed E-state index contributed by atoms with van der Waals surface area (Å²) in [4.78, 5) is 24.2. The molecule has 6 nitrogen and oxygen atoms in total. The van der Waals surface area contributed by atoms with E-state index in [1.807, 2.05) is 27.7 Å². The van der Waals surface area contributed by atoms with Crippen molar-refractivity contribution in [3.8, 4) is 0 Å². The first-order valence-electron chi connectivity index (χ1n) is 8.19. The van der Waals surface area contributed by atoms with Crippen LogP contribution in [0, 0.1) is 0 Å². The van der Waals surface area contributed by atoms with E-state index < -0.39 is 17.6 Å². The summed E-state index contributed by atoms with van der Waals surface area (Å²) in [6, 6.07) is -0.891. The first-order valence-corrected chi connectivity index (χ1v) is 8.19. The molecule has 0 aromatic carbocycles. The Kier molecular flexibility index (Phi) is 9.81. The van der Waals surface area contributed by atoms with E-state index in [2.05, 4.69) is 17.6 Å². The second kappa shape index (κ2) is 10.4. The van der Waals surface area contributed by atoms with Gasteiger partial charge in [-0.1, -0.05) is 13.3 Å². The summed E-state index contributed by atoms with van der Waals surface area (Å²) in [5, 5.41) is 5.56. The van der Waals surface area contributed by atoms with E-state index >= 15 is 0 Å². The number of amides is 2. The Hall–Kier alpha value is -1.30. The van der Waals surface area contributed by atoms with Gasteiger partial charge >= 0.3 is 12.0 Å². The Balaban J connectivity index is 4.57. The lowest BCUT2D eigenvalue weighted by molar-refractivity contribution is -0.157. The van der Waals surface area contributed by atoms with Crippen LogP contribution in [0.2, 0.25) is 0 Å². The third-order valence-electron chi connectivity index (χ3n) is 3.04. The number of rotatable bonds is 9. The first kappa shape index (κ1) is 20.7. The van der Waals surface area contributed by atoms with E-state index in [1.165, 1.54) is 0 Å². The van der Waals surface area contributed by atoms with Crippen molar-refractivity contribution < 1.29 is 14.3 Å². The molecular weight excluding hydrogens is 282 g/mol. The van der Waals surface area contributed by atoms with Crippen LogP contribution in [0.25, 0.3) is 0 Å².